The first-order valence-electron chi connectivity index (χ1n) is 4.26. The highest BCUT2D eigenvalue weighted by Crippen LogP contribution is 2.39. The maximum atomic E-state index is 10.1. The topological polar surface area (TPSA) is 72.3 Å². The minimum Gasteiger partial charge on any atom is -0.401 e. The van der Waals surface area contributed by atoms with E-state index in [2.05, 4.69) is 0 Å². The molecule has 2 atom stereocenters. The molecule has 0 aliphatic heterocycles. The second kappa shape index (κ2) is 4.18. The maximum absolute atomic E-state index is 10.1. The monoisotopic (exact) mass is 232 g/mol. The van der Waals surface area contributed by atoms with Crippen LogP contribution in [0.5, 0.6) is 0 Å². The fourth-order valence-electron chi connectivity index (χ4n) is 1.38. The van der Waals surface area contributed by atoms with Crippen molar-refractivity contribution in [1.82, 2.24) is 0 Å². The lowest BCUT2D eigenvalue weighted by Crippen LogP contribution is -2.50. The van der Waals surface area contributed by atoms with Crippen molar-refractivity contribution in [2.45, 2.75) is 12.6 Å². The van der Waals surface area contributed by atoms with Crippen LogP contribution in [0.4, 0.5) is 0 Å². The number of nitrogens with two attached hydrogens (primary N) is 2. The van der Waals surface area contributed by atoms with Crippen LogP contribution in [0.2, 0.25) is 0 Å². The maximum Gasteiger partial charge on any atom is 0.153 e. The summed E-state index contributed by atoms with van der Waals surface area (Å²) in [5, 5.41) is 10.1. The molecule has 2 unspecified atom stereocenters. The zero-order chi connectivity index (χ0) is 10.9. The van der Waals surface area contributed by atoms with Crippen molar-refractivity contribution in [2.75, 3.05) is 12.5 Å². The number of rotatable bonds is 2. The van der Waals surface area contributed by atoms with Gasteiger partial charge >= 0.3 is 0 Å². The molecule has 5 N–H and O–H groups in total. The van der Waals surface area contributed by atoms with Gasteiger partial charge < -0.3 is 10.8 Å². The predicted molar refractivity (Wildman–Crippen MR) is 64.6 cm³/mol. The second-order valence-electron chi connectivity index (χ2n) is 3.28. The van der Waals surface area contributed by atoms with Crippen LogP contribution in [0.3, 0.4) is 0 Å². The molecule has 3 nitrogen and oxygen atoms in total. The van der Waals surface area contributed by atoms with E-state index in [1.165, 1.54) is 11.8 Å². The van der Waals surface area contributed by atoms with Gasteiger partial charge in [0.15, 0.2) is 5.72 Å². The van der Waals surface area contributed by atoms with Gasteiger partial charge in [0.25, 0.3) is 0 Å². The number of hydrogen-bond acceptors (Lipinski definition) is 5. The van der Waals surface area contributed by atoms with Gasteiger partial charge in [-0.3, -0.25) is 5.73 Å². The van der Waals surface area contributed by atoms with Crippen LogP contribution >= 0.6 is 23.5 Å². The Labute approximate surface area is 93.0 Å². The molecule has 1 rings (SSSR count). The van der Waals surface area contributed by atoms with Crippen molar-refractivity contribution in [2.24, 2.45) is 17.4 Å². The molecule has 0 bridgehead atoms. The molecule has 0 amide bonds. The first-order valence-corrected chi connectivity index (χ1v) is 6.71. The Morgan fingerprint density at radius 1 is 1.43 bits per heavy atom. The minimum absolute atomic E-state index is 0.239. The van der Waals surface area contributed by atoms with E-state index >= 15 is 0 Å². The smallest absolute Gasteiger partial charge is 0.153 e. The third-order valence-electron chi connectivity index (χ3n) is 2.51. The van der Waals surface area contributed by atoms with Crippen LogP contribution in [0, 0.1) is 5.92 Å². The first-order chi connectivity index (χ1) is 6.45. The Balaban J connectivity index is 3.17. The van der Waals surface area contributed by atoms with Crippen LogP contribution in [-0.4, -0.2) is 23.3 Å². The molecule has 5 heteroatoms. The molecule has 0 aromatic heterocycles. The van der Waals surface area contributed by atoms with E-state index in [0.29, 0.717) is 5.70 Å². The van der Waals surface area contributed by atoms with Gasteiger partial charge in [0.1, 0.15) is 0 Å². The lowest BCUT2D eigenvalue weighted by molar-refractivity contribution is 0.0507. The quantitative estimate of drug-likeness (QED) is 0.621. The Morgan fingerprint density at radius 3 is 2.43 bits per heavy atom. The average Bonchev–Trinajstić information content (AvgIpc) is 2.15. The van der Waals surface area contributed by atoms with Gasteiger partial charge in [-0.25, -0.2) is 0 Å². The summed E-state index contributed by atoms with van der Waals surface area (Å²) >= 11 is 3.04. The summed E-state index contributed by atoms with van der Waals surface area (Å²) in [6.07, 6.45) is 5.73. The van der Waals surface area contributed by atoms with E-state index in [1.807, 2.05) is 25.5 Å². The van der Waals surface area contributed by atoms with Gasteiger partial charge in [0.05, 0.1) is 0 Å². The van der Waals surface area contributed by atoms with Gasteiger partial charge in [-0.15, -0.1) is 23.5 Å². The van der Waals surface area contributed by atoms with Crippen LogP contribution in [0.1, 0.15) is 6.92 Å². The number of hydrogen-bond donors (Lipinski definition) is 3. The molecule has 1 aliphatic carbocycles. The molecule has 0 fully saturated rings. The second-order valence-corrected chi connectivity index (χ2v) is 4.98. The van der Waals surface area contributed by atoms with Crippen molar-refractivity contribution >= 4 is 23.5 Å². The molecule has 0 spiro atoms. The predicted octanol–water partition coefficient (Wildman–Crippen LogP) is 1.06. The van der Waals surface area contributed by atoms with E-state index in [4.69, 9.17) is 11.5 Å². The Morgan fingerprint density at radius 2 is 2.00 bits per heavy atom. The molecule has 0 aromatic carbocycles. The first kappa shape index (κ1) is 12.0. The third-order valence-corrected chi connectivity index (χ3v) is 4.19. The third kappa shape index (κ3) is 1.82. The zero-order valence-corrected chi connectivity index (χ0v) is 10.2. The minimum atomic E-state index is -1.32. The fourth-order valence-corrected chi connectivity index (χ4v) is 2.84. The van der Waals surface area contributed by atoms with Gasteiger partial charge in [0.2, 0.25) is 0 Å². The normalized spacial score (nSPS) is 33.2. The molecule has 80 valence electrons. The van der Waals surface area contributed by atoms with Crippen LogP contribution in [0.25, 0.3) is 0 Å². The number of thioether (sulfide) groups is 2. The highest BCUT2D eigenvalue weighted by Gasteiger charge is 2.38. The summed E-state index contributed by atoms with van der Waals surface area (Å²) in [6, 6.07) is 0. The molecule has 0 saturated heterocycles. The van der Waals surface area contributed by atoms with Crippen molar-refractivity contribution in [3.05, 3.63) is 21.6 Å². The Bertz CT molecular complexity index is 297. The van der Waals surface area contributed by atoms with Crippen LogP contribution in [0.15, 0.2) is 21.6 Å². The van der Waals surface area contributed by atoms with Crippen LogP contribution in [-0.2, 0) is 0 Å². The number of aliphatic hydroxyl groups is 1. The van der Waals surface area contributed by atoms with E-state index in [0.717, 1.165) is 9.81 Å². The zero-order valence-electron chi connectivity index (χ0n) is 8.57. The lowest BCUT2D eigenvalue weighted by atomic mass is 9.90. The Hall–Kier alpha value is -0.100. The summed E-state index contributed by atoms with van der Waals surface area (Å²) in [4.78, 5) is 1.76. The van der Waals surface area contributed by atoms with E-state index in [1.54, 1.807) is 11.8 Å². The molecular formula is C9H16N2OS2. The van der Waals surface area contributed by atoms with Gasteiger partial charge in [-0.1, -0.05) is 6.92 Å². The molecule has 0 radical (unpaired) electrons. The summed E-state index contributed by atoms with van der Waals surface area (Å²) < 4.78 is 0. The van der Waals surface area contributed by atoms with Gasteiger partial charge in [0, 0.05) is 21.4 Å². The van der Waals surface area contributed by atoms with Crippen molar-refractivity contribution in [3.63, 3.8) is 0 Å². The van der Waals surface area contributed by atoms with Gasteiger partial charge in [-0.2, -0.15) is 0 Å². The van der Waals surface area contributed by atoms with Gasteiger partial charge in [-0.05, 0) is 18.6 Å². The summed E-state index contributed by atoms with van der Waals surface area (Å²) in [5.74, 6) is -0.239. The molecule has 0 aromatic rings. The SMILES string of the molecule is CSC1=CC(SC)=C(N)C(C)C1(N)O. The Kier molecular flexibility index (Phi) is 3.58. The molecule has 0 saturated carbocycles. The van der Waals surface area contributed by atoms with E-state index in [9.17, 15) is 5.11 Å². The summed E-state index contributed by atoms with van der Waals surface area (Å²) in [6.45, 7) is 1.84. The highest BCUT2D eigenvalue weighted by atomic mass is 32.2. The highest BCUT2D eigenvalue weighted by molar-refractivity contribution is 8.03. The number of allylic oxidation sites excluding steroid dienone is 1. The van der Waals surface area contributed by atoms with Crippen molar-refractivity contribution < 1.29 is 5.11 Å². The fraction of sp³-hybridized carbons (Fsp3) is 0.556. The van der Waals surface area contributed by atoms with Crippen molar-refractivity contribution in [3.8, 4) is 0 Å². The largest absolute Gasteiger partial charge is 0.401 e. The molecular weight excluding hydrogens is 216 g/mol. The summed E-state index contributed by atoms with van der Waals surface area (Å²) in [5.41, 5.74) is 11.1. The average molecular weight is 232 g/mol. The summed E-state index contributed by atoms with van der Waals surface area (Å²) in [7, 11) is 0. The van der Waals surface area contributed by atoms with E-state index < -0.39 is 5.72 Å². The van der Waals surface area contributed by atoms with E-state index in [-0.39, 0.29) is 5.92 Å². The standard InChI is InChI=1S/C9H16N2OS2/c1-5-8(10)6(13-2)4-7(14-3)9(5,11)12/h4-5,12H,10-11H2,1-3H3. The van der Waals surface area contributed by atoms with Crippen LogP contribution < -0.4 is 11.5 Å². The molecule has 14 heavy (non-hydrogen) atoms. The molecule has 0 heterocycles. The molecule has 1 aliphatic rings. The lowest BCUT2D eigenvalue weighted by Gasteiger charge is -2.36. The van der Waals surface area contributed by atoms with Crippen molar-refractivity contribution in [1.29, 1.82) is 0 Å².